The van der Waals surface area contributed by atoms with E-state index in [2.05, 4.69) is 8.92 Å². The minimum Gasteiger partial charge on any atom is -0.735 e. The fourth-order valence-electron chi connectivity index (χ4n) is 1.63. The van der Waals surface area contributed by atoms with Crippen molar-refractivity contribution in [2.45, 2.75) is 30.6 Å². The molecule has 0 aliphatic carbocycles. The third-order valence-corrected chi connectivity index (χ3v) is 3.40. The van der Waals surface area contributed by atoms with Crippen LogP contribution in [-0.4, -0.2) is 78.5 Å². The Kier molecular flexibility index (Phi) is 11.6. The van der Waals surface area contributed by atoms with E-state index in [0.717, 1.165) is 0 Å². The van der Waals surface area contributed by atoms with Gasteiger partial charge in [0.05, 0.1) is 6.61 Å². The number of aliphatic hydroxyl groups is 3. The average molecular weight is 383 g/mol. The summed E-state index contributed by atoms with van der Waals surface area (Å²) in [6, 6.07) is -2.06. The van der Waals surface area contributed by atoms with Gasteiger partial charge in [0.25, 0.3) is 0 Å². The van der Waals surface area contributed by atoms with Crippen molar-refractivity contribution >= 4 is 20.7 Å². The summed E-state index contributed by atoms with van der Waals surface area (Å²) in [5.74, 6) is 0. The molecule has 1 aliphatic rings. The largest absolute Gasteiger partial charge is 1.00 e. The molecule has 0 bridgehead atoms. The topological polar surface area (TPSA) is 206 Å². The van der Waals surface area contributed by atoms with Crippen LogP contribution < -0.4 is 63.8 Å². The Morgan fingerprint density at radius 3 is 2.00 bits per heavy atom. The number of hydrogen-bond acceptors (Lipinski definition) is 11. The van der Waals surface area contributed by atoms with E-state index >= 15 is 0 Å². The van der Waals surface area contributed by atoms with Gasteiger partial charge in [0.15, 0.2) is 16.6 Å². The third-order valence-electron chi connectivity index (χ3n) is 2.38. The SMILES string of the molecule is O=S(=O)([O-])NC1C(O)OC(CO)C(O)C1OS(=O)(=O)[O-].[Na+].[Na+]. The van der Waals surface area contributed by atoms with E-state index in [-0.39, 0.29) is 59.1 Å². The third kappa shape index (κ3) is 8.11. The molecule has 5 atom stereocenters. The maximum atomic E-state index is 10.6. The number of rotatable bonds is 5. The number of aliphatic hydroxyl groups excluding tert-OH is 3. The van der Waals surface area contributed by atoms with E-state index in [0.29, 0.717) is 0 Å². The molecule has 0 spiro atoms. The van der Waals surface area contributed by atoms with Gasteiger partial charge in [-0.3, -0.25) is 4.18 Å². The molecule has 0 radical (unpaired) electrons. The van der Waals surface area contributed by atoms with Crippen molar-refractivity contribution in [1.29, 1.82) is 0 Å². The normalized spacial score (nSPS) is 32.7. The second-order valence-corrected chi connectivity index (χ2v) is 5.96. The predicted octanol–water partition coefficient (Wildman–Crippen LogP) is -10.7. The summed E-state index contributed by atoms with van der Waals surface area (Å²) in [6.45, 7) is -0.895. The summed E-state index contributed by atoms with van der Waals surface area (Å²) < 4.78 is 73.0. The van der Waals surface area contributed by atoms with Gasteiger partial charge in [-0.1, -0.05) is 0 Å². The van der Waals surface area contributed by atoms with E-state index in [9.17, 15) is 36.2 Å². The molecule has 4 N–H and O–H groups in total. The van der Waals surface area contributed by atoms with Gasteiger partial charge in [0.1, 0.15) is 24.4 Å². The van der Waals surface area contributed by atoms with Crippen LogP contribution >= 0.6 is 0 Å². The van der Waals surface area contributed by atoms with Gasteiger partial charge < -0.3 is 29.2 Å². The number of nitrogens with one attached hydrogen (secondary N) is 1. The predicted molar refractivity (Wildman–Crippen MR) is 55.2 cm³/mol. The van der Waals surface area contributed by atoms with Crippen LogP contribution in [0.15, 0.2) is 0 Å². The van der Waals surface area contributed by atoms with Gasteiger partial charge in [-0.15, -0.1) is 0 Å². The molecule has 1 aliphatic heterocycles. The Bertz CT molecular complexity index is 539. The maximum absolute atomic E-state index is 10.6. The second-order valence-electron chi connectivity index (χ2n) is 3.81. The summed E-state index contributed by atoms with van der Waals surface area (Å²) in [7, 11) is -10.6. The first-order valence-electron chi connectivity index (χ1n) is 4.94. The molecule has 1 rings (SSSR count). The molecule has 0 amide bonds. The maximum Gasteiger partial charge on any atom is 1.00 e. The van der Waals surface area contributed by atoms with Crippen LogP contribution in [0.5, 0.6) is 0 Å². The van der Waals surface area contributed by atoms with Crippen molar-refractivity contribution in [3.8, 4) is 0 Å². The summed E-state index contributed by atoms with van der Waals surface area (Å²) in [5.41, 5.74) is 0. The molecular weight excluding hydrogens is 372 g/mol. The molecule has 5 unspecified atom stereocenters. The zero-order valence-electron chi connectivity index (χ0n) is 11.5. The van der Waals surface area contributed by atoms with Gasteiger partial charge in [-0.25, -0.2) is 21.6 Å². The van der Waals surface area contributed by atoms with Crippen LogP contribution in [0.4, 0.5) is 0 Å². The fourth-order valence-corrected chi connectivity index (χ4v) is 2.72. The first-order valence-corrected chi connectivity index (χ1v) is 7.68. The Hall–Kier alpha value is 1.58. The summed E-state index contributed by atoms with van der Waals surface area (Å²) >= 11 is 0. The summed E-state index contributed by atoms with van der Waals surface area (Å²) in [4.78, 5) is 0. The summed E-state index contributed by atoms with van der Waals surface area (Å²) in [6.07, 6.45) is -7.83. The average Bonchev–Trinajstić information content (AvgIpc) is 2.25. The van der Waals surface area contributed by atoms with Crippen molar-refractivity contribution in [1.82, 2.24) is 4.72 Å². The van der Waals surface area contributed by atoms with E-state index in [1.807, 2.05) is 0 Å². The summed E-state index contributed by atoms with van der Waals surface area (Å²) in [5, 5.41) is 27.9. The van der Waals surface area contributed by atoms with E-state index in [1.54, 1.807) is 0 Å². The fraction of sp³-hybridized carbons (Fsp3) is 1.00. The molecule has 0 saturated carbocycles. The molecule has 1 heterocycles. The monoisotopic (exact) mass is 383 g/mol. The quantitative estimate of drug-likeness (QED) is 0.199. The van der Waals surface area contributed by atoms with Crippen molar-refractivity contribution in [2.75, 3.05) is 6.61 Å². The van der Waals surface area contributed by atoms with Crippen molar-refractivity contribution in [3.05, 3.63) is 0 Å². The van der Waals surface area contributed by atoms with Crippen LogP contribution in [-0.2, 0) is 29.6 Å². The van der Waals surface area contributed by atoms with Gasteiger partial charge >= 0.3 is 59.1 Å². The molecule has 22 heavy (non-hydrogen) atoms. The smallest absolute Gasteiger partial charge is 0.735 e. The molecule has 1 saturated heterocycles. The van der Waals surface area contributed by atoms with Gasteiger partial charge in [0.2, 0.25) is 10.4 Å². The number of hydrogen-bond donors (Lipinski definition) is 4. The van der Waals surface area contributed by atoms with Crippen LogP contribution in [0, 0.1) is 0 Å². The molecule has 0 aromatic carbocycles. The van der Waals surface area contributed by atoms with Crippen LogP contribution in [0.2, 0.25) is 0 Å². The van der Waals surface area contributed by atoms with Crippen LogP contribution in [0.1, 0.15) is 0 Å². The first kappa shape index (κ1) is 25.8. The van der Waals surface area contributed by atoms with Gasteiger partial charge in [-0.2, -0.15) is 0 Å². The van der Waals surface area contributed by atoms with Gasteiger partial charge in [-0.05, 0) is 0 Å². The Morgan fingerprint density at radius 2 is 1.64 bits per heavy atom. The molecule has 0 aromatic heterocycles. The molecular formula is C6H11NNa2O11S2. The number of ether oxygens (including phenoxy) is 1. The minimum absolute atomic E-state index is 0. The van der Waals surface area contributed by atoms with Crippen LogP contribution in [0.25, 0.3) is 0 Å². The Balaban J connectivity index is 0. The minimum atomic E-state index is -5.40. The zero-order valence-corrected chi connectivity index (χ0v) is 17.2. The molecule has 12 nitrogen and oxygen atoms in total. The Labute approximate surface area is 170 Å². The van der Waals surface area contributed by atoms with E-state index in [4.69, 9.17) is 5.11 Å². The van der Waals surface area contributed by atoms with Crippen molar-refractivity contribution < 1.29 is 109 Å². The van der Waals surface area contributed by atoms with Gasteiger partial charge in [0, 0.05) is 0 Å². The molecule has 0 aromatic rings. The zero-order chi connectivity index (χ0) is 15.7. The first-order chi connectivity index (χ1) is 8.94. The standard InChI is InChI=1S/C6H13NO11S2.2Na/c8-1-2-4(9)5(18-20(14,15)16)3(6(10)17-2)7-19(11,12)13;;/h2-10H,1H2,(H,11,12,13)(H,14,15,16);;/q;2*+1/p-2. The molecule has 1 fully saturated rings. The van der Waals surface area contributed by atoms with Crippen molar-refractivity contribution in [3.63, 3.8) is 0 Å². The Morgan fingerprint density at radius 1 is 1.14 bits per heavy atom. The van der Waals surface area contributed by atoms with E-state index in [1.165, 1.54) is 4.72 Å². The second kappa shape index (κ2) is 9.91. The van der Waals surface area contributed by atoms with Crippen LogP contribution in [0.3, 0.4) is 0 Å². The molecule has 16 heteroatoms. The van der Waals surface area contributed by atoms with Crippen molar-refractivity contribution in [2.24, 2.45) is 0 Å². The molecule has 120 valence electrons. The van der Waals surface area contributed by atoms with E-state index < -0.39 is 58.0 Å².